The van der Waals surface area contributed by atoms with E-state index in [1.54, 1.807) is 6.07 Å². The van der Waals surface area contributed by atoms with E-state index in [-0.39, 0.29) is 18.1 Å². The molecule has 2 fully saturated rings. The molecule has 0 atom stereocenters. The summed E-state index contributed by atoms with van der Waals surface area (Å²) < 4.78 is 1.96. The van der Waals surface area contributed by atoms with Crippen LogP contribution in [0.5, 0.6) is 0 Å². The highest BCUT2D eigenvalue weighted by atomic mass is 16.3. The molecule has 5 heteroatoms. The first-order valence-corrected chi connectivity index (χ1v) is 6.04. The zero-order valence-electron chi connectivity index (χ0n) is 9.65. The van der Waals surface area contributed by atoms with Crippen molar-refractivity contribution in [2.75, 3.05) is 12.3 Å². The molecule has 0 aliphatic heterocycles. The summed E-state index contributed by atoms with van der Waals surface area (Å²) in [7, 11) is 0. The number of nitrogens with zero attached hydrogens (tertiary/aromatic N) is 1. The number of nitrogens with one attached hydrogen (secondary N) is 1. The lowest BCUT2D eigenvalue weighted by atomic mass is 10.2. The van der Waals surface area contributed by atoms with Gasteiger partial charge in [0.25, 0.3) is 5.91 Å². The Kier molecular flexibility index (Phi) is 2.19. The molecule has 17 heavy (non-hydrogen) atoms. The quantitative estimate of drug-likeness (QED) is 0.717. The molecular formula is C12H17N3O2. The zero-order chi connectivity index (χ0) is 12.0. The predicted octanol–water partition coefficient (Wildman–Crippen LogP) is 0.660. The van der Waals surface area contributed by atoms with Crippen LogP contribution < -0.4 is 11.1 Å². The number of nitrogen functional groups attached to an aromatic ring is 1. The van der Waals surface area contributed by atoms with Crippen LogP contribution in [0.25, 0.3) is 0 Å². The second kappa shape index (κ2) is 3.50. The molecule has 1 aromatic heterocycles. The van der Waals surface area contributed by atoms with E-state index >= 15 is 0 Å². The van der Waals surface area contributed by atoms with Gasteiger partial charge < -0.3 is 20.7 Å². The van der Waals surface area contributed by atoms with Crippen LogP contribution in [0.2, 0.25) is 0 Å². The summed E-state index contributed by atoms with van der Waals surface area (Å²) in [6.07, 6.45) is 5.76. The van der Waals surface area contributed by atoms with Gasteiger partial charge >= 0.3 is 0 Å². The summed E-state index contributed by atoms with van der Waals surface area (Å²) in [5.41, 5.74) is 6.61. The smallest absolute Gasteiger partial charge is 0.268 e. The van der Waals surface area contributed by atoms with E-state index in [1.165, 1.54) is 0 Å². The Hall–Kier alpha value is -1.49. The molecule has 1 heterocycles. The standard InChI is InChI=1S/C12H17N3O2/c13-8-5-10(15(6-8)9-1-2-9)11(17)14-12(7-16)3-4-12/h5-6,9,16H,1-4,7,13H2,(H,14,17). The van der Waals surface area contributed by atoms with Crippen LogP contribution in [0.4, 0.5) is 5.69 Å². The highest BCUT2D eigenvalue weighted by Gasteiger charge is 2.44. The van der Waals surface area contributed by atoms with Crippen molar-refractivity contribution in [2.24, 2.45) is 0 Å². The summed E-state index contributed by atoms with van der Waals surface area (Å²) in [5.74, 6) is -0.125. The van der Waals surface area contributed by atoms with E-state index in [1.807, 2.05) is 10.8 Å². The number of aromatic nitrogens is 1. The second-order valence-corrected chi connectivity index (χ2v) is 5.19. The van der Waals surface area contributed by atoms with Crippen molar-refractivity contribution >= 4 is 11.6 Å². The van der Waals surface area contributed by atoms with Gasteiger partial charge in [0.15, 0.2) is 0 Å². The number of carbonyl (C=O) groups excluding carboxylic acids is 1. The number of rotatable bonds is 4. The molecule has 1 amide bonds. The van der Waals surface area contributed by atoms with Crippen LogP contribution >= 0.6 is 0 Å². The summed E-state index contributed by atoms with van der Waals surface area (Å²) in [6.45, 7) is 0.0123. The molecule has 2 saturated carbocycles. The van der Waals surface area contributed by atoms with Gasteiger partial charge in [0.1, 0.15) is 5.69 Å². The summed E-state index contributed by atoms with van der Waals surface area (Å²) in [6, 6.07) is 2.14. The predicted molar refractivity (Wildman–Crippen MR) is 63.6 cm³/mol. The molecule has 0 spiro atoms. The van der Waals surface area contributed by atoms with Crippen LogP contribution in [0, 0.1) is 0 Å². The van der Waals surface area contributed by atoms with Crippen molar-refractivity contribution < 1.29 is 9.90 Å². The van der Waals surface area contributed by atoms with E-state index in [0.717, 1.165) is 25.7 Å². The van der Waals surface area contributed by atoms with Crippen molar-refractivity contribution in [1.82, 2.24) is 9.88 Å². The largest absolute Gasteiger partial charge is 0.397 e. The number of hydrogen-bond donors (Lipinski definition) is 3. The van der Waals surface area contributed by atoms with Gasteiger partial charge in [-0.15, -0.1) is 0 Å². The number of hydrogen-bond acceptors (Lipinski definition) is 3. The number of carbonyl (C=O) groups is 1. The number of anilines is 1. The summed E-state index contributed by atoms with van der Waals surface area (Å²) in [4.78, 5) is 12.1. The van der Waals surface area contributed by atoms with E-state index in [2.05, 4.69) is 5.32 Å². The fourth-order valence-electron chi connectivity index (χ4n) is 2.12. The first-order chi connectivity index (χ1) is 8.13. The maximum Gasteiger partial charge on any atom is 0.268 e. The van der Waals surface area contributed by atoms with Crippen LogP contribution in [0.3, 0.4) is 0 Å². The Morgan fingerprint density at radius 3 is 2.82 bits per heavy atom. The van der Waals surface area contributed by atoms with Gasteiger partial charge in [-0.25, -0.2) is 0 Å². The van der Waals surface area contributed by atoms with E-state index < -0.39 is 0 Å². The molecule has 3 rings (SSSR count). The Morgan fingerprint density at radius 1 is 1.59 bits per heavy atom. The van der Waals surface area contributed by atoms with Gasteiger partial charge in [-0.2, -0.15) is 0 Å². The molecule has 4 N–H and O–H groups in total. The van der Waals surface area contributed by atoms with Crippen molar-refractivity contribution in [2.45, 2.75) is 37.3 Å². The third kappa shape index (κ3) is 1.91. The van der Waals surface area contributed by atoms with E-state index in [4.69, 9.17) is 5.73 Å². The van der Waals surface area contributed by atoms with Gasteiger partial charge in [-0.05, 0) is 31.7 Å². The number of nitrogens with two attached hydrogens (primary N) is 1. The van der Waals surface area contributed by atoms with E-state index in [9.17, 15) is 9.90 Å². The molecule has 2 aliphatic rings. The lowest BCUT2D eigenvalue weighted by Crippen LogP contribution is -2.40. The van der Waals surface area contributed by atoms with Crippen molar-refractivity contribution in [3.63, 3.8) is 0 Å². The Bertz CT molecular complexity index is 458. The van der Waals surface area contributed by atoms with Crippen LogP contribution in [0.15, 0.2) is 12.3 Å². The van der Waals surface area contributed by atoms with Gasteiger partial charge in [-0.3, -0.25) is 4.79 Å². The molecule has 0 bridgehead atoms. The minimum absolute atomic E-state index is 0.0123. The molecule has 1 aromatic rings. The molecule has 5 nitrogen and oxygen atoms in total. The van der Waals surface area contributed by atoms with Crippen molar-refractivity contribution in [3.8, 4) is 0 Å². The zero-order valence-corrected chi connectivity index (χ0v) is 9.65. The highest BCUT2D eigenvalue weighted by Crippen LogP contribution is 2.38. The maximum atomic E-state index is 12.1. The van der Waals surface area contributed by atoms with Crippen LogP contribution in [-0.4, -0.2) is 27.7 Å². The summed E-state index contributed by atoms with van der Waals surface area (Å²) >= 11 is 0. The number of aliphatic hydroxyl groups is 1. The van der Waals surface area contributed by atoms with Gasteiger partial charge in [0.2, 0.25) is 0 Å². The minimum Gasteiger partial charge on any atom is -0.397 e. The molecule has 0 radical (unpaired) electrons. The highest BCUT2D eigenvalue weighted by molar-refractivity contribution is 5.94. The van der Waals surface area contributed by atoms with Crippen LogP contribution in [-0.2, 0) is 0 Å². The SMILES string of the molecule is Nc1cc(C(=O)NC2(CO)CC2)n(C2CC2)c1. The second-order valence-electron chi connectivity index (χ2n) is 5.19. The van der Waals surface area contributed by atoms with E-state index in [0.29, 0.717) is 17.4 Å². The van der Waals surface area contributed by atoms with Gasteiger partial charge in [0, 0.05) is 12.2 Å². The maximum absolute atomic E-state index is 12.1. The third-order valence-electron chi connectivity index (χ3n) is 3.58. The van der Waals surface area contributed by atoms with Crippen molar-refractivity contribution in [3.05, 3.63) is 18.0 Å². The average molecular weight is 235 g/mol. The molecule has 0 saturated heterocycles. The topological polar surface area (TPSA) is 80.3 Å². The first-order valence-electron chi connectivity index (χ1n) is 6.04. The van der Waals surface area contributed by atoms with Crippen molar-refractivity contribution in [1.29, 1.82) is 0 Å². The van der Waals surface area contributed by atoms with Crippen LogP contribution in [0.1, 0.15) is 42.2 Å². The third-order valence-corrected chi connectivity index (χ3v) is 3.58. The number of amides is 1. The summed E-state index contributed by atoms with van der Waals surface area (Å²) in [5, 5.41) is 12.1. The molecule has 0 aromatic carbocycles. The fourth-order valence-corrected chi connectivity index (χ4v) is 2.12. The molecule has 92 valence electrons. The molecule has 2 aliphatic carbocycles. The van der Waals surface area contributed by atoms with Gasteiger partial charge in [0.05, 0.1) is 17.8 Å². The monoisotopic (exact) mass is 235 g/mol. The Morgan fingerprint density at radius 2 is 2.29 bits per heavy atom. The Labute approximate surface area is 99.6 Å². The number of aliphatic hydroxyl groups excluding tert-OH is 1. The molecule has 0 unspecified atom stereocenters. The molecular weight excluding hydrogens is 218 g/mol. The normalized spacial score (nSPS) is 21.2. The lowest BCUT2D eigenvalue weighted by Gasteiger charge is -2.15. The first kappa shape index (κ1) is 10.7. The minimum atomic E-state index is -0.371. The van der Waals surface area contributed by atoms with Gasteiger partial charge in [-0.1, -0.05) is 0 Å². The lowest BCUT2D eigenvalue weighted by molar-refractivity contribution is 0.0897. The fraction of sp³-hybridized carbons (Fsp3) is 0.583. The Balaban J connectivity index is 1.80. The average Bonchev–Trinajstić information content (AvgIpc) is 3.20.